The molecule has 3 N–H and O–H groups in total. The number of ketones is 2. The Morgan fingerprint density at radius 3 is 2.55 bits per heavy atom. The molecule has 0 amide bonds. The van der Waals surface area contributed by atoms with Gasteiger partial charge < -0.3 is 34.4 Å². The summed E-state index contributed by atoms with van der Waals surface area (Å²) in [6.07, 6.45) is -4.50. The molecule has 3 aliphatic heterocycles. The number of carbonyl (C=O) groups excluding carboxylic acids is 3. The Morgan fingerprint density at radius 1 is 1.10 bits per heavy atom. The molecule has 0 spiro atoms. The molecule has 1 aliphatic carbocycles. The van der Waals surface area contributed by atoms with Gasteiger partial charge in [-0.05, 0) is 49.9 Å². The van der Waals surface area contributed by atoms with Crippen LogP contribution in [-0.4, -0.2) is 68.4 Å². The highest BCUT2D eigenvalue weighted by atomic mass is 16.7. The number of nitrogens with zero attached hydrogens (tertiary/aromatic N) is 1. The van der Waals surface area contributed by atoms with Crippen molar-refractivity contribution in [2.45, 2.75) is 77.4 Å². The molecule has 2 fully saturated rings. The predicted octanol–water partition coefficient (Wildman–Crippen LogP) is 3.01. The lowest BCUT2D eigenvalue weighted by Gasteiger charge is -2.39. The third-order valence-corrected chi connectivity index (χ3v) is 7.96. The number of aryl methyl sites for hydroxylation is 1. The minimum absolute atomic E-state index is 0.000405. The van der Waals surface area contributed by atoms with Gasteiger partial charge in [-0.1, -0.05) is 26.0 Å². The Labute approximate surface area is 230 Å². The van der Waals surface area contributed by atoms with Crippen molar-refractivity contribution >= 4 is 23.1 Å². The predicted molar refractivity (Wildman–Crippen MR) is 140 cm³/mol. The van der Waals surface area contributed by atoms with Crippen LogP contribution in [0.5, 0.6) is 11.5 Å². The lowest BCUT2D eigenvalue weighted by molar-refractivity contribution is -0.216. The first kappa shape index (κ1) is 26.5. The zero-order chi connectivity index (χ0) is 28.6. The van der Waals surface area contributed by atoms with Crippen LogP contribution in [-0.2, 0) is 14.3 Å². The van der Waals surface area contributed by atoms with Gasteiger partial charge in [0.25, 0.3) is 0 Å². The van der Waals surface area contributed by atoms with E-state index in [2.05, 4.69) is 0 Å². The fraction of sp³-hybridized carbons (Fsp3) is 0.433. The van der Waals surface area contributed by atoms with Crippen molar-refractivity contribution in [1.82, 2.24) is 4.90 Å². The molecule has 1 unspecified atom stereocenters. The van der Waals surface area contributed by atoms with Crippen LogP contribution in [0, 0.1) is 12.8 Å². The van der Waals surface area contributed by atoms with Crippen molar-refractivity contribution in [3.05, 3.63) is 63.8 Å². The van der Waals surface area contributed by atoms with E-state index < -0.39 is 54.4 Å². The molecular formula is C30H31NO9. The molecule has 2 saturated heterocycles. The minimum atomic E-state index is -1.09. The van der Waals surface area contributed by atoms with E-state index in [1.807, 2.05) is 13.8 Å². The molecule has 4 aliphatic rings. The summed E-state index contributed by atoms with van der Waals surface area (Å²) in [6.45, 7) is 7.29. The van der Waals surface area contributed by atoms with E-state index in [9.17, 15) is 29.7 Å². The third kappa shape index (κ3) is 3.93. The van der Waals surface area contributed by atoms with E-state index in [-0.39, 0.29) is 51.8 Å². The number of hydrogen-bond donors (Lipinski definition) is 3. The largest absolute Gasteiger partial charge is 0.507 e. The van der Waals surface area contributed by atoms with Crippen molar-refractivity contribution in [3.8, 4) is 11.5 Å². The smallest absolute Gasteiger partial charge is 0.331 e. The lowest BCUT2D eigenvalue weighted by atomic mass is 9.78. The number of aliphatic hydroxyl groups is 2. The molecule has 10 heteroatoms. The van der Waals surface area contributed by atoms with Gasteiger partial charge in [-0.3, -0.25) is 9.59 Å². The second kappa shape index (κ2) is 9.43. The number of allylic oxidation sites excluding steroid dienone is 2. The van der Waals surface area contributed by atoms with Crippen molar-refractivity contribution in [2.24, 2.45) is 5.92 Å². The highest BCUT2D eigenvalue weighted by molar-refractivity contribution is 6.41. The van der Waals surface area contributed by atoms with Gasteiger partial charge in [-0.15, -0.1) is 0 Å². The van der Waals surface area contributed by atoms with E-state index in [4.69, 9.17) is 14.2 Å². The Morgan fingerprint density at radius 2 is 1.85 bits per heavy atom. The van der Waals surface area contributed by atoms with Gasteiger partial charge in [0.15, 0.2) is 5.78 Å². The molecule has 2 aromatic carbocycles. The Balaban J connectivity index is 1.51. The monoisotopic (exact) mass is 549 g/mol. The Bertz CT molecular complexity index is 1470. The van der Waals surface area contributed by atoms with Gasteiger partial charge in [-0.2, -0.15) is 0 Å². The summed E-state index contributed by atoms with van der Waals surface area (Å²) < 4.78 is 17.5. The number of phenols is 1. The highest BCUT2D eigenvalue weighted by Crippen LogP contribution is 2.52. The van der Waals surface area contributed by atoms with Gasteiger partial charge in [0.05, 0.1) is 23.3 Å². The second-order valence-electron chi connectivity index (χ2n) is 11.3. The second-order valence-corrected chi connectivity index (χ2v) is 11.3. The summed E-state index contributed by atoms with van der Waals surface area (Å²) in [5.74, 6) is -1.57. The van der Waals surface area contributed by atoms with E-state index in [1.54, 1.807) is 30.9 Å². The number of rotatable bonds is 4. The molecule has 0 radical (unpaired) electrons. The average molecular weight is 550 g/mol. The van der Waals surface area contributed by atoms with Gasteiger partial charge in [0.2, 0.25) is 18.3 Å². The van der Waals surface area contributed by atoms with Crippen molar-refractivity contribution in [1.29, 1.82) is 0 Å². The molecule has 10 nitrogen and oxygen atoms in total. The van der Waals surface area contributed by atoms with Gasteiger partial charge in [0, 0.05) is 23.1 Å². The number of hydrogen-bond acceptors (Lipinski definition) is 10. The van der Waals surface area contributed by atoms with E-state index in [0.717, 1.165) is 0 Å². The fourth-order valence-electron chi connectivity index (χ4n) is 6.17. The number of ether oxygens (including phenoxy) is 3. The van der Waals surface area contributed by atoms with Crippen LogP contribution in [0.15, 0.2) is 36.0 Å². The van der Waals surface area contributed by atoms with Crippen LogP contribution in [0.25, 0.3) is 5.57 Å². The number of carbonyl (C=O) groups is 3. The van der Waals surface area contributed by atoms with Crippen LogP contribution in [0.2, 0.25) is 0 Å². The maximum Gasteiger partial charge on any atom is 0.331 e. The summed E-state index contributed by atoms with van der Waals surface area (Å²) in [7, 11) is 0. The Kier molecular flexibility index (Phi) is 6.25. The number of esters is 1. The fourth-order valence-corrected chi connectivity index (χ4v) is 6.17. The molecular weight excluding hydrogens is 518 g/mol. The topological polar surface area (TPSA) is 143 Å². The number of fused-ring (bicyclic) bond motifs is 6. The molecule has 0 saturated carbocycles. The third-order valence-electron chi connectivity index (χ3n) is 7.96. The van der Waals surface area contributed by atoms with Gasteiger partial charge in [-0.25, -0.2) is 4.79 Å². The number of phenolic OH excluding ortho intramolecular Hbond substituents is 1. The molecule has 2 aromatic rings. The summed E-state index contributed by atoms with van der Waals surface area (Å²) in [6, 6.07) is 7.09. The van der Waals surface area contributed by atoms with E-state index in [1.165, 1.54) is 18.2 Å². The summed E-state index contributed by atoms with van der Waals surface area (Å²) in [5.41, 5.74) is 1.42. The van der Waals surface area contributed by atoms with Crippen LogP contribution < -0.4 is 4.74 Å². The molecule has 3 heterocycles. The maximum absolute atomic E-state index is 14.4. The zero-order valence-corrected chi connectivity index (χ0v) is 22.6. The zero-order valence-electron chi connectivity index (χ0n) is 22.6. The molecule has 210 valence electrons. The highest BCUT2D eigenvalue weighted by Gasteiger charge is 2.54. The number of Topliss-reactive ketones (excluding diaryl/α,β-unsaturated/α-hetero) is 2. The summed E-state index contributed by atoms with van der Waals surface area (Å²) in [4.78, 5) is 43.3. The molecule has 0 bridgehead atoms. The lowest BCUT2D eigenvalue weighted by Crippen LogP contribution is -2.48. The minimum Gasteiger partial charge on any atom is -0.507 e. The summed E-state index contributed by atoms with van der Waals surface area (Å²) >= 11 is 0. The maximum atomic E-state index is 14.4. The van der Waals surface area contributed by atoms with Crippen molar-refractivity contribution in [2.75, 3.05) is 0 Å². The SMILES string of the molecule is Cc1cc(O)c2c(c1)[C@H]1OC(=O)[C@H](CC(C)C)N1C1=C2C(=O)c2cccc(OC3C[C@@H](O)[C@@H](O)[C@H](C)O3)c2C1=O. The van der Waals surface area contributed by atoms with E-state index >= 15 is 0 Å². The van der Waals surface area contributed by atoms with Crippen LogP contribution in [0.1, 0.15) is 77.2 Å². The first-order valence-electron chi connectivity index (χ1n) is 13.5. The normalized spacial score (nSPS) is 29.2. The first-order chi connectivity index (χ1) is 19.0. The average Bonchev–Trinajstić information content (AvgIpc) is 3.20. The quantitative estimate of drug-likeness (QED) is 0.487. The van der Waals surface area contributed by atoms with Crippen LogP contribution in [0.3, 0.4) is 0 Å². The molecule has 40 heavy (non-hydrogen) atoms. The Hall–Kier alpha value is -3.73. The number of aromatic hydroxyl groups is 1. The number of benzene rings is 2. The molecule has 6 atom stereocenters. The molecule has 0 aromatic heterocycles. The van der Waals surface area contributed by atoms with Crippen molar-refractivity contribution < 1.29 is 43.9 Å². The van der Waals surface area contributed by atoms with E-state index in [0.29, 0.717) is 17.5 Å². The van der Waals surface area contributed by atoms with Crippen molar-refractivity contribution in [3.63, 3.8) is 0 Å². The molecule has 6 rings (SSSR count). The summed E-state index contributed by atoms with van der Waals surface area (Å²) in [5, 5.41) is 31.3. The first-order valence-corrected chi connectivity index (χ1v) is 13.5. The number of aliphatic hydroxyl groups excluding tert-OH is 2. The van der Waals surface area contributed by atoms with Crippen LogP contribution >= 0.6 is 0 Å². The van der Waals surface area contributed by atoms with Crippen LogP contribution in [0.4, 0.5) is 0 Å². The van der Waals surface area contributed by atoms with Gasteiger partial charge >= 0.3 is 5.97 Å². The van der Waals surface area contributed by atoms with Gasteiger partial charge in [0.1, 0.15) is 29.3 Å². The standard InChI is InChI=1S/C30H31NO9/c1-12(2)8-17-30(37)40-29-16-9-13(3)10-18(32)22(16)24-25(31(17)29)28(36)23-15(27(24)35)6-5-7-20(23)39-21-11-19(33)26(34)14(4)38-21/h5-7,9-10,12,14,17,19,21,26,29,32-34H,8,11H2,1-4H3/t14-,17-,19+,21?,26-,29+/m0/s1.